The molecule has 2 aromatic rings. The quantitative estimate of drug-likeness (QED) is 0.882. The third-order valence-corrected chi connectivity index (χ3v) is 4.80. The highest BCUT2D eigenvalue weighted by atomic mass is 16.4. The van der Waals surface area contributed by atoms with E-state index in [1.807, 2.05) is 38.1 Å². The van der Waals surface area contributed by atoms with Crippen LogP contribution in [0.5, 0.6) is 0 Å². The van der Waals surface area contributed by atoms with E-state index >= 15 is 0 Å². The van der Waals surface area contributed by atoms with Crippen LogP contribution in [0.4, 0.5) is 5.69 Å². The fourth-order valence-electron chi connectivity index (χ4n) is 3.22. The minimum atomic E-state index is -0.811. The van der Waals surface area contributed by atoms with E-state index in [1.165, 1.54) is 0 Å². The van der Waals surface area contributed by atoms with Crippen molar-refractivity contribution in [2.45, 2.75) is 39.5 Å². The Morgan fingerprint density at radius 3 is 2.68 bits per heavy atom. The molecule has 0 bridgehead atoms. The van der Waals surface area contributed by atoms with Crippen molar-refractivity contribution in [2.75, 3.05) is 5.32 Å². The Hall–Kier alpha value is -2.63. The van der Waals surface area contributed by atoms with Gasteiger partial charge in [-0.15, -0.1) is 0 Å². The maximum Gasteiger partial charge on any atom is 0.306 e. The molecular formula is C19H22N2O4. The number of nitrogens with zero attached hydrogens (tertiary/aromatic N) is 1. The summed E-state index contributed by atoms with van der Waals surface area (Å²) in [6, 6.07) is 7.34. The lowest BCUT2D eigenvalue weighted by molar-refractivity contribution is -0.143. The van der Waals surface area contributed by atoms with Gasteiger partial charge in [-0.1, -0.05) is 12.5 Å². The molecule has 0 spiro atoms. The molecule has 1 aromatic heterocycles. The van der Waals surface area contributed by atoms with Crippen LogP contribution in [-0.4, -0.2) is 22.0 Å². The highest BCUT2D eigenvalue weighted by molar-refractivity contribution is 5.93. The molecule has 3 rings (SSSR count). The normalized spacial score (nSPS) is 20.2. The molecule has 132 valence electrons. The van der Waals surface area contributed by atoms with Crippen molar-refractivity contribution < 1.29 is 19.1 Å². The van der Waals surface area contributed by atoms with Crippen molar-refractivity contribution in [3.05, 3.63) is 35.7 Å². The van der Waals surface area contributed by atoms with Gasteiger partial charge in [0.05, 0.1) is 11.6 Å². The van der Waals surface area contributed by atoms with Crippen molar-refractivity contribution >= 4 is 17.6 Å². The maximum atomic E-state index is 12.5. The highest BCUT2D eigenvalue weighted by Crippen LogP contribution is 2.31. The number of aromatic nitrogens is 1. The fourth-order valence-corrected chi connectivity index (χ4v) is 3.22. The van der Waals surface area contributed by atoms with Gasteiger partial charge in [0.15, 0.2) is 0 Å². The number of rotatable bonds is 4. The largest absolute Gasteiger partial charge is 0.481 e. The van der Waals surface area contributed by atoms with Crippen LogP contribution in [0.3, 0.4) is 0 Å². The number of benzene rings is 1. The molecule has 2 N–H and O–H groups in total. The summed E-state index contributed by atoms with van der Waals surface area (Å²) in [5.41, 5.74) is 2.29. The standard InChI is InChI=1S/C19H22N2O4/c1-11-12(2)25-18(20-11)14-6-4-8-16(10-14)21-17(22)13-5-3-7-15(9-13)19(23)24/h4,6,8,10,13,15H,3,5,7,9H2,1-2H3,(H,21,22)(H,23,24). The first kappa shape index (κ1) is 17.2. The summed E-state index contributed by atoms with van der Waals surface area (Å²) in [5.74, 6) is -0.322. The topological polar surface area (TPSA) is 92.4 Å². The number of hydrogen-bond acceptors (Lipinski definition) is 4. The molecule has 25 heavy (non-hydrogen) atoms. The van der Waals surface area contributed by atoms with Gasteiger partial charge < -0.3 is 14.8 Å². The average molecular weight is 342 g/mol. The van der Waals surface area contributed by atoms with E-state index in [2.05, 4.69) is 10.3 Å². The Labute approximate surface area is 146 Å². The first-order valence-corrected chi connectivity index (χ1v) is 8.52. The maximum absolute atomic E-state index is 12.5. The van der Waals surface area contributed by atoms with Crippen LogP contribution < -0.4 is 5.32 Å². The number of carbonyl (C=O) groups is 2. The van der Waals surface area contributed by atoms with Crippen molar-refractivity contribution in [3.63, 3.8) is 0 Å². The second kappa shape index (κ2) is 7.09. The number of carboxylic acid groups (broad SMARTS) is 1. The van der Waals surface area contributed by atoms with Gasteiger partial charge in [0, 0.05) is 17.2 Å². The summed E-state index contributed by atoms with van der Waals surface area (Å²) in [6.07, 6.45) is 2.55. The molecule has 0 saturated heterocycles. The summed E-state index contributed by atoms with van der Waals surface area (Å²) < 4.78 is 5.63. The van der Waals surface area contributed by atoms with Crippen molar-refractivity contribution in [1.29, 1.82) is 0 Å². The zero-order chi connectivity index (χ0) is 18.0. The van der Waals surface area contributed by atoms with Crippen LogP contribution in [0.25, 0.3) is 11.5 Å². The summed E-state index contributed by atoms with van der Waals surface area (Å²) in [5, 5.41) is 12.1. The number of carboxylic acids is 1. The molecule has 1 fully saturated rings. The van der Waals surface area contributed by atoms with Gasteiger partial charge in [-0.05, 0) is 51.3 Å². The van der Waals surface area contributed by atoms with Crippen LogP contribution in [0.15, 0.2) is 28.7 Å². The SMILES string of the molecule is Cc1nc(-c2cccc(NC(=O)C3CCCC(C(=O)O)C3)c2)oc1C. The number of aliphatic carboxylic acids is 1. The Morgan fingerprint density at radius 1 is 1.24 bits per heavy atom. The minimum absolute atomic E-state index is 0.122. The Kier molecular flexibility index (Phi) is 4.88. The molecule has 1 saturated carbocycles. The van der Waals surface area contributed by atoms with Crippen LogP contribution in [0.2, 0.25) is 0 Å². The molecular weight excluding hydrogens is 320 g/mol. The highest BCUT2D eigenvalue weighted by Gasteiger charge is 2.31. The Morgan fingerprint density at radius 2 is 2.00 bits per heavy atom. The molecule has 6 heteroatoms. The number of nitrogens with one attached hydrogen (secondary N) is 1. The predicted octanol–water partition coefficient (Wildman–Crippen LogP) is 3.79. The van der Waals surface area contributed by atoms with Gasteiger partial charge in [-0.25, -0.2) is 4.98 Å². The Bertz CT molecular complexity index is 777. The molecule has 6 nitrogen and oxygen atoms in total. The minimum Gasteiger partial charge on any atom is -0.481 e. The fraction of sp³-hybridized carbons (Fsp3) is 0.421. The van der Waals surface area contributed by atoms with E-state index in [1.54, 1.807) is 0 Å². The Balaban J connectivity index is 1.71. The number of oxazole rings is 1. The van der Waals surface area contributed by atoms with Gasteiger partial charge in [-0.3, -0.25) is 9.59 Å². The van der Waals surface area contributed by atoms with Crippen molar-refractivity contribution in [2.24, 2.45) is 11.8 Å². The second-order valence-corrected chi connectivity index (χ2v) is 6.63. The van der Waals surface area contributed by atoms with E-state index in [0.29, 0.717) is 24.4 Å². The summed E-state index contributed by atoms with van der Waals surface area (Å²) in [6.45, 7) is 3.75. The van der Waals surface area contributed by atoms with Crippen LogP contribution in [0, 0.1) is 25.7 Å². The smallest absolute Gasteiger partial charge is 0.306 e. The number of carbonyl (C=O) groups excluding carboxylic acids is 1. The molecule has 1 aliphatic rings. The van der Waals surface area contributed by atoms with Gasteiger partial charge in [0.25, 0.3) is 0 Å². The van der Waals surface area contributed by atoms with E-state index in [4.69, 9.17) is 9.52 Å². The summed E-state index contributed by atoms with van der Waals surface area (Å²) >= 11 is 0. The third kappa shape index (κ3) is 3.90. The third-order valence-electron chi connectivity index (χ3n) is 4.80. The van der Waals surface area contributed by atoms with E-state index in [9.17, 15) is 9.59 Å². The first-order valence-electron chi connectivity index (χ1n) is 8.52. The van der Waals surface area contributed by atoms with Crippen molar-refractivity contribution in [3.8, 4) is 11.5 Å². The van der Waals surface area contributed by atoms with E-state index in [-0.39, 0.29) is 11.8 Å². The lowest BCUT2D eigenvalue weighted by atomic mass is 9.81. The monoisotopic (exact) mass is 342 g/mol. The van der Waals surface area contributed by atoms with Crippen LogP contribution in [-0.2, 0) is 9.59 Å². The zero-order valence-corrected chi connectivity index (χ0v) is 14.4. The lowest BCUT2D eigenvalue weighted by Crippen LogP contribution is -2.30. The van der Waals surface area contributed by atoms with Gasteiger partial charge >= 0.3 is 5.97 Å². The lowest BCUT2D eigenvalue weighted by Gasteiger charge is -2.25. The van der Waals surface area contributed by atoms with Crippen LogP contribution in [0.1, 0.15) is 37.1 Å². The molecule has 1 aromatic carbocycles. The average Bonchev–Trinajstić information content (AvgIpc) is 2.94. The van der Waals surface area contributed by atoms with Gasteiger partial charge in [-0.2, -0.15) is 0 Å². The molecule has 1 amide bonds. The van der Waals surface area contributed by atoms with Crippen molar-refractivity contribution in [1.82, 2.24) is 4.98 Å². The number of amides is 1. The molecule has 2 atom stereocenters. The summed E-state index contributed by atoms with van der Waals surface area (Å²) in [4.78, 5) is 28.0. The number of anilines is 1. The predicted molar refractivity (Wildman–Crippen MR) is 93.1 cm³/mol. The first-order chi connectivity index (χ1) is 11.9. The molecule has 1 heterocycles. The zero-order valence-electron chi connectivity index (χ0n) is 14.4. The van der Waals surface area contributed by atoms with E-state index < -0.39 is 11.9 Å². The number of aryl methyl sites for hydroxylation is 2. The molecule has 2 unspecified atom stereocenters. The second-order valence-electron chi connectivity index (χ2n) is 6.63. The summed E-state index contributed by atoms with van der Waals surface area (Å²) in [7, 11) is 0. The molecule has 0 aliphatic heterocycles. The van der Waals surface area contributed by atoms with Gasteiger partial charge in [0.1, 0.15) is 5.76 Å². The van der Waals surface area contributed by atoms with Gasteiger partial charge in [0.2, 0.25) is 11.8 Å². The van der Waals surface area contributed by atoms with E-state index in [0.717, 1.165) is 29.9 Å². The molecule has 0 radical (unpaired) electrons. The molecule has 1 aliphatic carbocycles. The van der Waals surface area contributed by atoms with Crippen LogP contribution >= 0.6 is 0 Å². The number of hydrogen-bond donors (Lipinski definition) is 2.